The Kier molecular flexibility index (Phi) is 4.84. The summed E-state index contributed by atoms with van der Waals surface area (Å²) in [5.41, 5.74) is 2.85. The van der Waals surface area contributed by atoms with E-state index in [0.29, 0.717) is 5.92 Å². The van der Waals surface area contributed by atoms with Gasteiger partial charge in [0, 0.05) is 30.2 Å². The molecule has 4 nitrogen and oxygen atoms in total. The zero-order valence-corrected chi connectivity index (χ0v) is 14.4. The van der Waals surface area contributed by atoms with E-state index >= 15 is 0 Å². The lowest BCUT2D eigenvalue weighted by atomic mass is 9.97. The first-order chi connectivity index (χ1) is 10.6. The third kappa shape index (κ3) is 3.52. The van der Waals surface area contributed by atoms with Crippen molar-refractivity contribution in [2.75, 3.05) is 19.6 Å². The molecule has 1 aliphatic heterocycles. The van der Waals surface area contributed by atoms with Gasteiger partial charge in [-0.3, -0.25) is 9.97 Å². The van der Waals surface area contributed by atoms with Crippen LogP contribution in [0.3, 0.4) is 0 Å². The standard InChI is InChI=1S/C17H24N4S/c1-12(2)10-21-8-4-14(5-9-21)17-20-15(11-22-17)16-13(3)18-6-7-19-16/h6-7,11-12,14H,4-5,8-10H2,1-3H3. The lowest BCUT2D eigenvalue weighted by Gasteiger charge is -2.32. The van der Waals surface area contributed by atoms with Gasteiger partial charge in [-0.25, -0.2) is 4.98 Å². The van der Waals surface area contributed by atoms with Crippen LogP contribution >= 0.6 is 11.3 Å². The average Bonchev–Trinajstić information content (AvgIpc) is 2.97. The molecule has 1 saturated heterocycles. The minimum atomic E-state index is 0.610. The SMILES string of the molecule is Cc1nccnc1-c1csc(C2CCN(CC(C)C)CC2)n1. The Balaban J connectivity index is 1.67. The molecule has 118 valence electrons. The Morgan fingerprint density at radius 3 is 2.64 bits per heavy atom. The summed E-state index contributed by atoms with van der Waals surface area (Å²) in [4.78, 5) is 16.2. The molecule has 22 heavy (non-hydrogen) atoms. The predicted molar refractivity (Wildman–Crippen MR) is 91.1 cm³/mol. The molecule has 2 aromatic heterocycles. The van der Waals surface area contributed by atoms with Gasteiger partial charge in [0.1, 0.15) is 11.4 Å². The summed E-state index contributed by atoms with van der Waals surface area (Å²) in [6.07, 6.45) is 5.92. The molecule has 5 heteroatoms. The lowest BCUT2D eigenvalue weighted by Crippen LogP contribution is -2.35. The summed E-state index contributed by atoms with van der Waals surface area (Å²) in [6.45, 7) is 10.2. The van der Waals surface area contributed by atoms with Gasteiger partial charge in [-0.05, 0) is 38.8 Å². The van der Waals surface area contributed by atoms with Gasteiger partial charge in [0.15, 0.2) is 0 Å². The van der Waals surface area contributed by atoms with Gasteiger partial charge in [0.05, 0.1) is 10.7 Å². The molecule has 0 aromatic carbocycles. The topological polar surface area (TPSA) is 41.9 Å². The van der Waals surface area contributed by atoms with Crippen molar-refractivity contribution in [3.05, 3.63) is 28.5 Å². The summed E-state index contributed by atoms with van der Waals surface area (Å²) < 4.78 is 0. The van der Waals surface area contributed by atoms with Crippen molar-refractivity contribution >= 4 is 11.3 Å². The molecule has 0 saturated carbocycles. The Morgan fingerprint density at radius 1 is 1.23 bits per heavy atom. The quantitative estimate of drug-likeness (QED) is 0.861. The number of hydrogen-bond donors (Lipinski definition) is 0. The van der Waals surface area contributed by atoms with Crippen molar-refractivity contribution in [2.24, 2.45) is 5.92 Å². The molecule has 0 spiro atoms. The van der Waals surface area contributed by atoms with Crippen molar-refractivity contribution in [2.45, 2.75) is 39.5 Å². The Hall–Kier alpha value is -1.33. The van der Waals surface area contributed by atoms with E-state index in [4.69, 9.17) is 4.98 Å². The number of rotatable bonds is 4. The highest BCUT2D eigenvalue weighted by atomic mass is 32.1. The molecular formula is C17H24N4S. The molecule has 1 aliphatic rings. The van der Waals surface area contributed by atoms with Gasteiger partial charge in [-0.2, -0.15) is 0 Å². The molecule has 0 aliphatic carbocycles. The molecule has 3 rings (SSSR count). The third-order valence-electron chi connectivity index (χ3n) is 4.21. The van der Waals surface area contributed by atoms with Crippen LogP contribution in [0.5, 0.6) is 0 Å². The molecule has 0 N–H and O–H groups in total. The number of aryl methyl sites for hydroxylation is 1. The largest absolute Gasteiger partial charge is 0.303 e. The van der Waals surface area contributed by atoms with Crippen molar-refractivity contribution < 1.29 is 0 Å². The maximum absolute atomic E-state index is 4.85. The number of nitrogens with zero attached hydrogens (tertiary/aromatic N) is 4. The minimum Gasteiger partial charge on any atom is -0.303 e. The second-order valence-corrected chi connectivity index (χ2v) is 7.42. The predicted octanol–water partition coefficient (Wildman–Crippen LogP) is 3.74. The second-order valence-electron chi connectivity index (χ2n) is 6.53. The van der Waals surface area contributed by atoms with E-state index in [0.717, 1.165) is 23.0 Å². The normalized spacial score (nSPS) is 17.3. The first kappa shape index (κ1) is 15.6. The van der Waals surface area contributed by atoms with Crippen LogP contribution in [0.1, 0.15) is 43.3 Å². The second kappa shape index (κ2) is 6.84. The maximum atomic E-state index is 4.85. The molecule has 1 fully saturated rings. The van der Waals surface area contributed by atoms with E-state index < -0.39 is 0 Å². The minimum absolute atomic E-state index is 0.610. The van der Waals surface area contributed by atoms with Crippen LogP contribution in [-0.4, -0.2) is 39.5 Å². The van der Waals surface area contributed by atoms with Crippen LogP contribution < -0.4 is 0 Å². The van der Waals surface area contributed by atoms with Crippen LogP contribution in [0, 0.1) is 12.8 Å². The van der Waals surface area contributed by atoms with Gasteiger partial charge in [-0.15, -0.1) is 11.3 Å². The zero-order chi connectivity index (χ0) is 15.5. The van der Waals surface area contributed by atoms with Gasteiger partial charge >= 0.3 is 0 Å². The van der Waals surface area contributed by atoms with E-state index in [1.54, 1.807) is 23.7 Å². The monoisotopic (exact) mass is 316 g/mol. The van der Waals surface area contributed by atoms with E-state index in [9.17, 15) is 0 Å². The number of piperidine rings is 1. The van der Waals surface area contributed by atoms with Crippen molar-refractivity contribution in [3.8, 4) is 11.4 Å². The summed E-state index contributed by atoms with van der Waals surface area (Å²) in [6, 6.07) is 0. The Bertz CT molecular complexity index is 615. The number of hydrogen-bond acceptors (Lipinski definition) is 5. The summed E-state index contributed by atoms with van der Waals surface area (Å²) in [7, 11) is 0. The van der Waals surface area contributed by atoms with Crippen LogP contribution in [0.2, 0.25) is 0 Å². The molecule has 0 amide bonds. The average molecular weight is 316 g/mol. The molecule has 3 heterocycles. The number of likely N-dealkylation sites (tertiary alicyclic amines) is 1. The summed E-state index contributed by atoms with van der Waals surface area (Å²) in [5, 5.41) is 3.40. The number of thiazole rings is 1. The Labute approximate surface area is 136 Å². The van der Waals surface area contributed by atoms with Crippen molar-refractivity contribution in [1.29, 1.82) is 0 Å². The first-order valence-corrected chi connectivity index (χ1v) is 8.97. The highest BCUT2D eigenvalue weighted by Crippen LogP contribution is 2.32. The number of aromatic nitrogens is 3. The smallest absolute Gasteiger partial charge is 0.111 e. The van der Waals surface area contributed by atoms with Crippen molar-refractivity contribution in [3.63, 3.8) is 0 Å². The van der Waals surface area contributed by atoms with Gasteiger partial charge < -0.3 is 4.90 Å². The lowest BCUT2D eigenvalue weighted by molar-refractivity contribution is 0.192. The molecule has 0 bridgehead atoms. The van der Waals surface area contributed by atoms with Crippen molar-refractivity contribution in [1.82, 2.24) is 19.9 Å². The third-order valence-corrected chi connectivity index (χ3v) is 5.21. The zero-order valence-electron chi connectivity index (χ0n) is 13.6. The van der Waals surface area contributed by atoms with E-state index in [1.165, 1.54) is 37.5 Å². The summed E-state index contributed by atoms with van der Waals surface area (Å²) >= 11 is 1.78. The molecule has 2 aromatic rings. The van der Waals surface area contributed by atoms with Crippen LogP contribution in [-0.2, 0) is 0 Å². The fraction of sp³-hybridized carbons (Fsp3) is 0.588. The van der Waals surface area contributed by atoms with Crippen LogP contribution in [0.4, 0.5) is 0 Å². The van der Waals surface area contributed by atoms with E-state index in [1.807, 2.05) is 6.92 Å². The van der Waals surface area contributed by atoms with Gasteiger partial charge in [-0.1, -0.05) is 13.8 Å². The fourth-order valence-corrected chi connectivity index (χ4v) is 4.10. The van der Waals surface area contributed by atoms with Gasteiger partial charge in [0.2, 0.25) is 0 Å². The Morgan fingerprint density at radius 2 is 1.95 bits per heavy atom. The summed E-state index contributed by atoms with van der Waals surface area (Å²) in [5.74, 6) is 1.36. The van der Waals surface area contributed by atoms with Gasteiger partial charge in [0.25, 0.3) is 0 Å². The highest BCUT2D eigenvalue weighted by molar-refractivity contribution is 7.10. The van der Waals surface area contributed by atoms with Crippen LogP contribution in [0.25, 0.3) is 11.4 Å². The fourth-order valence-electron chi connectivity index (χ4n) is 3.12. The highest BCUT2D eigenvalue weighted by Gasteiger charge is 2.23. The molecule has 0 radical (unpaired) electrons. The first-order valence-electron chi connectivity index (χ1n) is 8.09. The molecular weight excluding hydrogens is 292 g/mol. The molecule has 0 unspecified atom stereocenters. The molecule has 0 atom stereocenters. The van der Waals surface area contributed by atoms with E-state index in [2.05, 4.69) is 34.1 Å². The maximum Gasteiger partial charge on any atom is 0.111 e. The van der Waals surface area contributed by atoms with Crippen LogP contribution in [0.15, 0.2) is 17.8 Å². The van der Waals surface area contributed by atoms with E-state index in [-0.39, 0.29) is 0 Å².